The fraction of sp³-hybridized carbons (Fsp3) is 0.812. The van der Waals surface area contributed by atoms with Crippen LogP contribution in [0.5, 0.6) is 0 Å². The Bertz CT molecular complexity index is 233. The van der Waals surface area contributed by atoms with Gasteiger partial charge in [-0.05, 0) is 44.9 Å². The van der Waals surface area contributed by atoms with Crippen molar-refractivity contribution in [1.82, 2.24) is 0 Å². The second-order valence-electron chi connectivity index (χ2n) is 5.20. The molecule has 0 aromatic rings. The maximum Gasteiger partial charge on any atom is 0.305 e. The lowest BCUT2D eigenvalue weighted by atomic mass is 10.1. The van der Waals surface area contributed by atoms with E-state index in [-0.39, 0.29) is 5.97 Å². The monoisotopic (exact) mass is 252 g/mol. The third-order valence-corrected chi connectivity index (χ3v) is 3.45. The Kier molecular flexibility index (Phi) is 9.59. The number of ether oxygens (including phenoxy) is 1. The number of hydrogen-bond acceptors (Lipinski definition) is 2. The van der Waals surface area contributed by atoms with E-state index in [0.717, 1.165) is 19.3 Å². The third kappa shape index (κ3) is 9.26. The van der Waals surface area contributed by atoms with Crippen molar-refractivity contribution in [3.05, 3.63) is 12.2 Å². The molecule has 0 aliphatic carbocycles. The first-order chi connectivity index (χ1) is 8.89. The highest BCUT2D eigenvalue weighted by Gasteiger charge is 2.02. The Hall–Kier alpha value is -0.790. The zero-order chi connectivity index (χ0) is 12.9. The summed E-state index contributed by atoms with van der Waals surface area (Å²) in [5, 5.41) is 0. The number of carbonyl (C=O) groups excluding carboxylic acids is 1. The summed E-state index contributed by atoms with van der Waals surface area (Å²) in [7, 11) is 0. The van der Waals surface area contributed by atoms with E-state index in [9.17, 15) is 4.79 Å². The van der Waals surface area contributed by atoms with Crippen molar-refractivity contribution >= 4 is 5.97 Å². The second-order valence-corrected chi connectivity index (χ2v) is 5.20. The van der Waals surface area contributed by atoms with Crippen molar-refractivity contribution in [3.8, 4) is 0 Å². The SMILES string of the molecule is O=C1CCCCCCCCC=CCCCCCO1. The summed E-state index contributed by atoms with van der Waals surface area (Å²) in [6.07, 6.45) is 18.4. The van der Waals surface area contributed by atoms with E-state index in [0.29, 0.717) is 13.0 Å². The molecule has 0 amide bonds. The fourth-order valence-corrected chi connectivity index (χ4v) is 2.27. The van der Waals surface area contributed by atoms with Gasteiger partial charge in [0, 0.05) is 6.42 Å². The van der Waals surface area contributed by atoms with E-state index < -0.39 is 0 Å². The van der Waals surface area contributed by atoms with Crippen LogP contribution >= 0.6 is 0 Å². The van der Waals surface area contributed by atoms with Crippen LogP contribution in [-0.2, 0) is 9.53 Å². The lowest BCUT2D eigenvalue weighted by Gasteiger charge is -2.04. The Labute approximate surface area is 112 Å². The Morgan fingerprint density at radius 1 is 0.722 bits per heavy atom. The fourth-order valence-electron chi connectivity index (χ4n) is 2.27. The van der Waals surface area contributed by atoms with Gasteiger partial charge in [0.2, 0.25) is 0 Å². The molecule has 2 heteroatoms. The molecule has 0 saturated carbocycles. The maximum atomic E-state index is 11.4. The van der Waals surface area contributed by atoms with E-state index >= 15 is 0 Å². The summed E-state index contributed by atoms with van der Waals surface area (Å²) in [6, 6.07) is 0. The summed E-state index contributed by atoms with van der Waals surface area (Å²) in [4.78, 5) is 11.4. The zero-order valence-electron chi connectivity index (χ0n) is 11.7. The minimum absolute atomic E-state index is 0.000729. The van der Waals surface area contributed by atoms with Gasteiger partial charge in [0.1, 0.15) is 0 Å². The summed E-state index contributed by atoms with van der Waals surface area (Å²) in [5.74, 6) is -0.000729. The van der Waals surface area contributed by atoms with Gasteiger partial charge in [-0.25, -0.2) is 0 Å². The molecule has 0 radical (unpaired) electrons. The molecule has 0 atom stereocenters. The molecule has 0 bridgehead atoms. The van der Waals surface area contributed by atoms with Gasteiger partial charge in [-0.1, -0.05) is 37.8 Å². The molecule has 2 nitrogen and oxygen atoms in total. The molecule has 18 heavy (non-hydrogen) atoms. The third-order valence-electron chi connectivity index (χ3n) is 3.45. The molecule has 0 fully saturated rings. The predicted octanol–water partition coefficient (Wildman–Crippen LogP) is 4.78. The van der Waals surface area contributed by atoms with Crippen LogP contribution in [-0.4, -0.2) is 12.6 Å². The molecule has 0 saturated heterocycles. The highest BCUT2D eigenvalue weighted by atomic mass is 16.5. The molecule has 0 spiro atoms. The number of allylic oxidation sites excluding steroid dienone is 2. The Morgan fingerprint density at radius 3 is 2.00 bits per heavy atom. The van der Waals surface area contributed by atoms with Crippen LogP contribution in [0.3, 0.4) is 0 Å². The first-order valence-corrected chi connectivity index (χ1v) is 7.70. The van der Waals surface area contributed by atoms with E-state index in [1.165, 1.54) is 51.4 Å². The van der Waals surface area contributed by atoms with E-state index in [1.807, 2.05) is 0 Å². The maximum absolute atomic E-state index is 11.4. The average molecular weight is 252 g/mol. The predicted molar refractivity (Wildman–Crippen MR) is 75.5 cm³/mol. The average Bonchev–Trinajstić information content (AvgIpc) is 2.37. The van der Waals surface area contributed by atoms with Gasteiger partial charge in [-0.3, -0.25) is 4.79 Å². The van der Waals surface area contributed by atoms with Crippen LogP contribution in [0.2, 0.25) is 0 Å². The van der Waals surface area contributed by atoms with Gasteiger partial charge in [0.25, 0.3) is 0 Å². The van der Waals surface area contributed by atoms with Gasteiger partial charge in [-0.15, -0.1) is 0 Å². The molecular weight excluding hydrogens is 224 g/mol. The van der Waals surface area contributed by atoms with Crippen LogP contribution in [0.1, 0.15) is 77.0 Å². The molecule has 0 aromatic heterocycles. The minimum atomic E-state index is -0.000729. The number of rotatable bonds is 0. The number of carbonyl (C=O) groups is 1. The smallest absolute Gasteiger partial charge is 0.305 e. The topological polar surface area (TPSA) is 26.3 Å². The van der Waals surface area contributed by atoms with E-state index in [4.69, 9.17) is 4.74 Å². The first-order valence-electron chi connectivity index (χ1n) is 7.70. The van der Waals surface area contributed by atoms with Gasteiger partial charge in [-0.2, -0.15) is 0 Å². The Balaban J connectivity index is 2.17. The quantitative estimate of drug-likeness (QED) is 0.458. The number of esters is 1. The molecule has 1 aliphatic heterocycles. The van der Waals surface area contributed by atoms with E-state index in [1.54, 1.807) is 0 Å². The van der Waals surface area contributed by atoms with Crippen LogP contribution in [0.25, 0.3) is 0 Å². The van der Waals surface area contributed by atoms with Crippen LogP contribution in [0, 0.1) is 0 Å². The van der Waals surface area contributed by atoms with Crippen molar-refractivity contribution < 1.29 is 9.53 Å². The molecule has 1 heterocycles. The zero-order valence-corrected chi connectivity index (χ0v) is 11.7. The summed E-state index contributed by atoms with van der Waals surface area (Å²) in [5.41, 5.74) is 0. The second kappa shape index (κ2) is 11.3. The molecule has 0 unspecified atom stereocenters. The molecule has 0 N–H and O–H groups in total. The number of cyclic esters (lactones) is 1. The standard InChI is InChI=1S/C16H28O2/c17-16-14-12-10-8-6-4-2-1-3-5-7-9-11-13-15-18-16/h3,5H,1-2,4,6-15H2. The highest BCUT2D eigenvalue weighted by Crippen LogP contribution is 2.10. The van der Waals surface area contributed by atoms with Crippen LogP contribution < -0.4 is 0 Å². The van der Waals surface area contributed by atoms with Crippen LogP contribution in [0.4, 0.5) is 0 Å². The summed E-state index contributed by atoms with van der Waals surface area (Å²) >= 11 is 0. The molecular formula is C16H28O2. The van der Waals surface area contributed by atoms with Gasteiger partial charge < -0.3 is 4.74 Å². The molecule has 1 rings (SSSR count). The first kappa shape index (κ1) is 15.3. The molecule has 1 aliphatic rings. The Morgan fingerprint density at radius 2 is 1.28 bits per heavy atom. The summed E-state index contributed by atoms with van der Waals surface area (Å²) < 4.78 is 5.21. The molecule has 104 valence electrons. The highest BCUT2D eigenvalue weighted by molar-refractivity contribution is 5.69. The minimum Gasteiger partial charge on any atom is -0.466 e. The number of hydrogen-bond donors (Lipinski definition) is 0. The lowest BCUT2D eigenvalue weighted by Crippen LogP contribution is -2.05. The van der Waals surface area contributed by atoms with Crippen molar-refractivity contribution in [2.75, 3.05) is 6.61 Å². The van der Waals surface area contributed by atoms with Crippen molar-refractivity contribution in [3.63, 3.8) is 0 Å². The van der Waals surface area contributed by atoms with Crippen LogP contribution in [0.15, 0.2) is 12.2 Å². The summed E-state index contributed by atoms with van der Waals surface area (Å²) in [6.45, 7) is 0.614. The van der Waals surface area contributed by atoms with Gasteiger partial charge in [0.15, 0.2) is 0 Å². The lowest BCUT2D eigenvalue weighted by molar-refractivity contribution is -0.143. The van der Waals surface area contributed by atoms with Crippen molar-refractivity contribution in [1.29, 1.82) is 0 Å². The van der Waals surface area contributed by atoms with Crippen molar-refractivity contribution in [2.45, 2.75) is 77.0 Å². The normalized spacial score (nSPS) is 22.1. The van der Waals surface area contributed by atoms with E-state index in [2.05, 4.69) is 12.2 Å². The van der Waals surface area contributed by atoms with Gasteiger partial charge >= 0.3 is 5.97 Å². The van der Waals surface area contributed by atoms with Gasteiger partial charge in [0.05, 0.1) is 6.61 Å². The molecule has 0 aromatic carbocycles. The largest absolute Gasteiger partial charge is 0.466 e. The van der Waals surface area contributed by atoms with Crippen molar-refractivity contribution in [2.24, 2.45) is 0 Å².